The number of ether oxygens (including phenoxy) is 2. The SMILES string of the molecule is COc1cccc(OC)c1-c1cc(C(=O)N[C@@H](CCC(C)C)CC(=O)O)n(CC2CCCCC2)n1. The van der Waals surface area contributed by atoms with E-state index in [1.54, 1.807) is 25.0 Å². The highest BCUT2D eigenvalue weighted by Gasteiger charge is 2.25. The summed E-state index contributed by atoms with van der Waals surface area (Å²) in [5, 5.41) is 17.2. The standard InChI is InChI=1S/C27H39N3O5/c1-18(2)13-14-20(15-25(31)32)28-27(33)22-16-21(26-23(34-3)11-8-12-24(26)35-4)29-30(22)17-19-9-6-5-7-10-19/h8,11-12,16,18-20H,5-7,9-10,13-15,17H2,1-4H3,(H,28,33)(H,31,32)/t20-/m0/s1. The van der Waals surface area contributed by atoms with Crippen molar-refractivity contribution >= 4 is 11.9 Å². The molecule has 192 valence electrons. The molecule has 2 N–H and O–H groups in total. The number of hydrogen-bond acceptors (Lipinski definition) is 5. The van der Waals surface area contributed by atoms with Gasteiger partial charge in [-0.15, -0.1) is 0 Å². The lowest BCUT2D eigenvalue weighted by atomic mass is 9.89. The fourth-order valence-electron chi connectivity index (χ4n) is 4.81. The largest absolute Gasteiger partial charge is 0.496 e. The van der Waals surface area contributed by atoms with Gasteiger partial charge in [0.25, 0.3) is 5.91 Å². The second-order valence-corrected chi connectivity index (χ2v) is 9.88. The molecule has 0 unspecified atom stereocenters. The predicted octanol–water partition coefficient (Wildman–Crippen LogP) is 5.16. The van der Waals surface area contributed by atoms with Gasteiger partial charge in [0.05, 0.1) is 26.2 Å². The van der Waals surface area contributed by atoms with Crippen molar-refractivity contribution in [3.05, 3.63) is 30.0 Å². The molecule has 1 amide bonds. The van der Waals surface area contributed by atoms with Crippen LogP contribution in [0.1, 0.15) is 75.7 Å². The van der Waals surface area contributed by atoms with Crippen molar-refractivity contribution in [1.82, 2.24) is 15.1 Å². The zero-order valence-corrected chi connectivity index (χ0v) is 21.4. The van der Waals surface area contributed by atoms with Crippen molar-refractivity contribution in [2.24, 2.45) is 11.8 Å². The van der Waals surface area contributed by atoms with E-state index in [4.69, 9.17) is 14.6 Å². The fraction of sp³-hybridized carbons (Fsp3) is 0.593. The van der Waals surface area contributed by atoms with Gasteiger partial charge in [-0.2, -0.15) is 5.10 Å². The van der Waals surface area contributed by atoms with Gasteiger partial charge < -0.3 is 19.9 Å². The Morgan fingerprint density at radius 3 is 2.34 bits per heavy atom. The maximum absolute atomic E-state index is 13.5. The number of hydrogen-bond donors (Lipinski definition) is 2. The first kappa shape index (κ1) is 26.6. The minimum absolute atomic E-state index is 0.109. The van der Waals surface area contributed by atoms with Crippen molar-refractivity contribution in [3.8, 4) is 22.8 Å². The van der Waals surface area contributed by atoms with Crippen LogP contribution in [-0.2, 0) is 11.3 Å². The summed E-state index contributed by atoms with van der Waals surface area (Å²) in [5.41, 5.74) is 1.71. The number of carbonyl (C=O) groups is 2. The molecule has 0 aliphatic heterocycles. The fourth-order valence-corrected chi connectivity index (χ4v) is 4.81. The highest BCUT2D eigenvalue weighted by molar-refractivity contribution is 5.94. The zero-order valence-electron chi connectivity index (χ0n) is 21.4. The van der Waals surface area contributed by atoms with Crippen LogP contribution in [0.2, 0.25) is 0 Å². The van der Waals surface area contributed by atoms with Gasteiger partial charge >= 0.3 is 5.97 Å². The number of aromatic nitrogens is 2. The molecule has 1 heterocycles. The molecule has 1 saturated carbocycles. The number of benzene rings is 1. The Bertz CT molecular complexity index is 972. The van der Waals surface area contributed by atoms with E-state index in [0.717, 1.165) is 19.3 Å². The Hall–Kier alpha value is -3.03. The molecule has 2 aromatic rings. The Kier molecular flexibility index (Phi) is 9.57. The zero-order chi connectivity index (χ0) is 25.4. The van der Waals surface area contributed by atoms with Crippen LogP contribution in [-0.4, -0.2) is 47.0 Å². The predicted molar refractivity (Wildman–Crippen MR) is 135 cm³/mol. The molecule has 1 aromatic carbocycles. The summed E-state index contributed by atoms with van der Waals surface area (Å²) in [6.45, 7) is 4.83. The lowest BCUT2D eigenvalue weighted by Crippen LogP contribution is -2.38. The summed E-state index contributed by atoms with van der Waals surface area (Å²) in [4.78, 5) is 24.9. The Morgan fingerprint density at radius 2 is 1.77 bits per heavy atom. The molecule has 0 spiro atoms. The molecule has 8 heteroatoms. The van der Waals surface area contributed by atoms with E-state index in [2.05, 4.69) is 19.2 Å². The minimum Gasteiger partial charge on any atom is -0.496 e. The summed E-state index contributed by atoms with van der Waals surface area (Å²) in [6.07, 6.45) is 7.20. The van der Waals surface area contributed by atoms with E-state index >= 15 is 0 Å². The number of amides is 1. The maximum Gasteiger partial charge on any atom is 0.305 e. The van der Waals surface area contributed by atoms with Gasteiger partial charge in [-0.1, -0.05) is 39.2 Å². The first-order valence-electron chi connectivity index (χ1n) is 12.6. The van der Waals surface area contributed by atoms with E-state index in [0.29, 0.717) is 53.3 Å². The molecule has 8 nitrogen and oxygen atoms in total. The van der Waals surface area contributed by atoms with Gasteiger partial charge in [0.1, 0.15) is 22.9 Å². The number of nitrogens with one attached hydrogen (secondary N) is 1. The topological polar surface area (TPSA) is 103 Å². The van der Waals surface area contributed by atoms with E-state index in [9.17, 15) is 14.7 Å². The first-order valence-corrected chi connectivity index (χ1v) is 12.6. The van der Waals surface area contributed by atoms with Gasteiger partial charge in [0.15, 0.2) is 0 Å². The Morgan fingerprint density at radius 1 is 1.11 bits per heavy atom. The quantitative estimate of drug-likeness (QED) is 0.431. The summed E-state index contributed by atoms with van der Waals surface area (Å²) < 4.78 is 12.9. The van der Waals surface area contributed by atoms with Crippen molar-refractivity contribution in [3.63, 3.8) is 0 Å². The third-order valence-corrected chi connectivity index (χ3v) is 6.70. The molecule has 35 heavy (non-hydrogen) atoms. The van der Waals surface area contributed by atoms with E-state index in [-0.39, 0.29) is 12.3 Å². The van der Waals surface area contributed by atoms with Crippen molar-refractivity contribution in [1.29, 1.82) is 0 Å². The van der Waals surface area contributed by atoms with Crippen LogP contribution < -0.4 is 14.8 Å². The third kappa shape index (κ3) is 7.23. The smallest absolute Gasteiger partial charge is 0.305 e. The van der Waals surface area contributed by atoms with Crippen LogP contribution in [0.15, 0.2) is 24.3 Å². The molecule has 0 radical (unpaired) electrons. The van der Waals surface area contributed by atoms with Gasteiger partial charge in [-0.25, -0.2) is 0 Å². The van der Waals surface area contributed by atoms with Crippen molar-refractivity contribution < 1.29 is 24.2 Å². The summed E-state index contributed by atoms with van der Waals surface area (Å²) in [7, 11) is 3.19. The summed E-state index contributed by atoms with van der Waals surface area (Å²) >= 11 is 0. The van der Waals surface area contributed by atoms with Gasteiger partial charge in [0.2, 0.25) is 0 Å². The van der Waals surface area contributed by atoms with Gasteiger partial charge in [-0.3, -0.25) is 14.3 Å². The van der Waals surface area contributed by atoms with Crippen LogP contribution in [0, 0.1) is 11.8 Å². The number of methoxy groups -OCH3 is 2. The molecule has 0 bridgehead atoms. The molecular weight excluding hydrogens is 446 g/mol. The van der Waals surface area contributed by atoms with Crippen LogP contribution in [0.4, 0.5) is 0 Å². The number of aliphatic carboxylic acids is 1. The summed E-state index contributed by atoms with van der Waals surface area (Å²) in [5.74, 6) is 0.874. The van der Waals surface area contributed by atoms with Crippen LogP contribution >= 0.6 is 0 Å². The molecule has 1 aromatic heterocycles. The number of nitrogens with zero attached hydrogens (tertiary/aromatic N) is 2. The third-order valence-electron chi connectivity index (χ3n) is 6.70. The van der Waals surface area contributed by atoms with E-state index in [1.807, 2.05) is 18.2 Å². The van der Waals surface area contributed by atoms with Crippen molar-refractivity contribution in [2.75, 3.05) is 14.2 Å². The normalized spacial score (nSPS) is 15.1. The lowest BCUT2D eigenvalue weighted by molar-refractivity contribution is -0.137. The second kappa shape index (κ2) is 12.6. The molecular formula is C27H39N3O5. The number of carboxylic acids is 1. The van der Waals surface area contributed by atoms with Crippen LogP contribution in [0.5, 0.6) is 11.5 Å². The number of rotatable bonds is 12. The Balaban J connectivity index is 1.96. The molecule has 1 atom stereocenters. The first-order chi connectivity index (χ1) is 16.8. The Labute approximate surface area is 208 Å². The van der Waals surface area contributed by atoms with Crippen molar-refractivity contribution in [2.45, 2.75) is 77.8 Å². The molecule has 1 aliphatic carbocycles. The molecule has 3 rings (SSSR count). The van der Waals surface area contributed by atoms with E-state index < -0.39 is 12.0 Å². The average Bonchev–Trinajstić information content (AvgIpc) is 3.25. The van der Waals surface area contributed by atoms with Gasteiger partial charge in [0, 0.05) is 12.6 Å². The lowest BCUT2D eigenvalue weighted by Gasteiger charge is -2.23. The van der Waals surface area contributed by atoms with Crippen LogP contribution in [0.3, 0.4) is 0 Å². The molecule has 0 saturated heterocycles. The second-order valence-electron chi connectivity index (χ2n) is 9.88. The van der Waals surface area contributed by atoms with Gasteiger partial charge in [-0.05, 0) is 55.7 Å². The minimum atomic E-state index is -0.922. The number of carbonyl (C=O) groups excluding carboxylic acids is 1. The van der Waals surface area contributed by atoms with Crippen LogP contribution in [0.25, 0.3) is 11.3 Å². The van der Waals surface area contributed by atoms with E-state index in [1.165, 1.54) is 19.3 Å². The monoisotopic (exact) mass is 485 g/mol. The molecule has 1 aliphatic rings. The summed E-state index contributed by atoms with van der Waals surface area (Å²) in [6, 6.07) is 6.85. The highest BCUT2D eigenvalue weighted by Crippen LogP contribution is 2.38. The maximum atomic E-state index is 13.5. The highest BCUT2D eigenvalue weighted by atomic mass is 16.5. The number of carboxylic acid groups (broad SMARTS) is 1. The average molecular weight is 486 g/mol. The molecule has 1 fully saturated rings.